The molecule has 2 atom stereocenters. The maximum atomic E-state index is 13.9. The molecule has 4 rings (SSSR count). The highest BCUT2D eigenvalue weighted by molar-refractivity contribution is 6.31. The molecule has 0 radical (unpaired) electrons. The first-order valence-electron chi connectivity index (χ1n) is 10.3. The fourth-order valence-electron chi connectivity index (χ4n) is 3.92. The molecule has 1 aromatic carbocycles. The zero-order valence-corrected chi connectivity index (χ0v) is 18.6. The number of hydrogen-bond acceptors (Lipinski definition) is 7. The van der Waals surface area contributed by atoms with Crippen molar-refractivity contribution in [1.82, 2.24) is 20.2 Å². The molecule has 4 N–H and O–H groups in total. The SMILES string of the molecule is Cc1nc(C2=C(N)CN(C(=O)c3ccc(F)cc3OC[C@H]3C[C@H](O)CN3)C2)nc(C)c1Cl. The molecule has 170 valence electrons. The first kappa shape index (κ1) is 22.4. The Bertz CT molecular complexity index is 1070. The molecule has 0 spiro atoms. The van der Waals surface area contributed by atoms with Crippen molar-refractivity contribution < 1.29 is 19.0 Å². The molecule has 10 heteroatoms. The number of ether oxygens (including phenoxy) is 1. The second-order valence-corrected chi connectivity index (χ2v) is 8.52. The molecular formula is C22H25ClFN5O3. The first-order chi connectivity index (χ1) is 15.2. The molecular weight excluding hydrogens is 437 g/mol. The van der Waals surface area contributed by atoms with Crippen LogP contribution in [0.2, 0.25) is 5.02 Å². The van der Waals surface area contributed by atoms with E-state index < -0.39 is 11.9 Å². The van der Waals surface area contributed by atoms with Crippen LogP contribution in [0.5, 0.6) is 5.75 Å². The summed E-state index contributed by atoms with van der Waals surface area (Å²) in [5.74, 6) is -0.241. The van der Waals surface area contributed by atoms with Crippen molar-refractivity contribution in [1.29, 1.82) is 0 Å². The van der Waals surface area contributed by atoms with Crippen LogP contribution in [0.1, 0.15) is 34.0 Å². The van der Waals surface area contributed by atoms with Gasteiger partial charge in [0.2, 0.25) is 0 Å². The Labute approximate surface area is 190 Å². The number of halogens is 2. The van der Waals surface area contributed by atoms with Crippen LogP contribution in [0, 0.1) is 19.7 Å². The van der Waals surface area contributed by atoms with Gasteiger partial charge < -0.3 is 25.8 Å². The number of aliphatic hydroxyl groups excluding tert-OH is 1. The van der Waals surface area contributed by atoms with Crippen molar-refractivity contribution in [2.24, 2.45) is 5.73 Å². The smallest absolute Gasteiger partial charge is 0.258 e. The summed E-state index contributed by atoms with van der Waals surface area (Å²) in [6, 6.07) is 3.76. The van der Waals surface area contributed by atoms with Gasteiger partial charge in [-0.25, -0.2) is 14.4 Å². The monoisotopic (exact) mass is 461 g/mol. The molecule has 1 saturated heterocycles. The summed E-state index contributed by atoms with van der Waals surface area (Å²) in [5.41, 5.74) is 8.89. The second-order valence-electron chi connectivity index (χ2n) is 8.14. The number of aryl methyl sites for hydroxylation is 2. The molecule has 8 nitrogen and oxygen atoms in total. The Kier molecular flexibility index (Phi) is 6.32. The molecule has 2 aliphatic heterocycles. The molecule has 1 aromatic heterocycles. The Morgan fingerprint density at radius 1 is 1.34 bits per heavy atom. The number of rotatable bonds is 5. The summed E-state index contributed by atoms with van der Waals surface area (Å²) in [5, 5.41) is 13.3. The van der Waals surface area contributed by atoms with E-state index in [4.69, 9.17) is 22.1 Å². The van der Waals surface area contributed by atoms with Gasteiger partial charge in [-0.2, -0.15) is 0 Å². The summed E-state index contributed by atoms with van der Waals surface area (Å²) in [6.45, 7) is 4.69. The molecule has 0 unspecified atom stereocenters. The number of nitrogens with zero attached hydrogens (tertiary/aromatic N) is 3. The third kappa shape index (κ3) is 4.55. The van der Waals surface area contributed by atoms with Crippen LogP contribution in [0.25, 0.3) is 5.57 Å². The van der Waals surface area contributed by atoms with E-state index in [1.807, 2.05) is 0 Å². The second kappa shape index (κ2) is 9.01. The number of nitrogens with two attached hydrogens (primary N) is 1. The van der Waals surface area contributed by atoms with Crippen LogP contribution in [0.3, 0.4) is 0 Å². The maximum absolute atomic E-state index is 13.9. The highest BCUT2D eigenvalue weighted by Gasteiger charge is 2.30. The largest absolute Gasteiger partial charge is 0.491 e. The van der Waals surface area contributed by atoms with Gasteiger partial charge in [0.15, 0.2) is 5.82 Å². The molecule has 1 fully saturated rings. The van der Waals surface area contributed by atoms with E-state index in [9.17, 15) is 14.3 Å². The minimum Gasteiger partial charge on any atom is -0.491 e. The number of carbonyl (C=O) groups excluding carboxylic acids is 1. The first-order valence-corrected chi connectivity index (χ1v) is 10.7. The third-order valence-corrected chi connectivity index (χ3v) is 6.20. The Balaban J connectivity index is 1.52. The molecule has 2 aromatic rings. The van der Waals surface area contributed by atoms with E-state index in [1.165, 1.54) is 18.2 Å². The summed E-state index contributed by atoms with van der Waals surface area (Å²) < 4.78 is 19.7. The van der Waals surface area contributed by atoms with Crippen LogP contribution >= 0.6 is 11.6 Å². The number of carbonyl (C=O) groups is 1. The predicted molar refractivity (Wildman–Crippen MR) is 118 cm³/mol. The fourth-order valence-corrected chi connectivity index (χ4v) is 4.01. The van der Waals surface area contributed by atoms with Crippen LogP contribution in [0.4, 0.5) is 4.39 Å². The average Bonchev–Trinajstić information content (AvgIpc) is 3.35. The van der Waals surface area contributed by atoms with Crippen LogP contribution in [-0.4, -0.2) is 64.3 Å². The Hall–Kier alpha value is -2.75. The van der Waals surface area contributed by atoms with Gasteiger partial charge in [-0.1, -0.05) is 11.6 Å². The normalized spacial score (nSPS) is 20.8. The number of hydrogen-bond donors (Lipinski definition) is 3. The maximum Gasteiger partial charge on any atom is 0.258 e. The zero-order chi connectivity index (χ0) is 23.0. The fraction of sp³-hybridized carbons (Fsp3) is 0.409. The number of aromatic nitrogens is 2. The number of amides is 1. The predicted octanol–water partition coefficient (Wildman–Crippen LogP) is 1.81. The Morgan fingerprint density at radius 3 is 2.72 bits per heavy atom. The topological polar surface area (TPSA) is 114 Å². The number of β-amino-alcohol motifs (C(OH)–C–C–N with tert-alkyl or cyclic N) is 1. The van der Waals surface area contributed by atoms with Gasteiger partial charge in [0.25, 0.3) is 5.91 Å². The highest BCUT2D eigenvalue weighted by Crippen LogP contribution is 2.29. The lowest BCUT2D eigenvalue weighted by Gasteiger charge is -2.20. The summed E-state index contributed by atoms with van der Waals surface area (Å²) in [6.07, 6.45) is 0.103. The average molecular weight is 462 g/mol. The molecule has 3 heterocycles. The summed E-state index contributed by atoms with van der Waals surface area (Å²) in [4.78, 5) is 23.6. The van der Waals surface area contributed by atoms with Crippen LogP contribution in [-0.2, 0) is 0 Å². The van der Waals surface area contributed by atoms with Gasteiger partial charge in [0.05, 0.1) is 41.2 Å². The summed E-state index contributed by atoms with van der Waals surface area (Å²) >= 11 is 6.17. The molecule has 0 aliphatic carbocycles. The molecule has 0 bridgehead atoms. The van der Waals surface area contributed by atoms with Crippen LogP contribution in [0.15, 0.2) is 23.9 Å². The van der Waals surface area contributed by atoms with Crippen molar-refractivity contribution in [3.05, 3.63) is 57.5 Å². The van der Waals surface area contributed by atoms with Crippen LogP contribution < -0.4 is 15.8 Å². The number of benzene rings is 1. The third-order valence-electron chi connectivity index (χ3n) is 5.65. The Morgan fingerprint density at radius 2 is 2.06 bits per heavy atom. The molecule has 0 saturated carbocycles. The van der Waals surface area contributed by atoms with Gasteiger partial charge >= 0.3 is 0 Å². The molecule has 32 heavy (non-hydrogen) atoms. The van der Waals surface area contributed by atoms with E-state index >= 15 is 0 Å². The van der Waals surface area contributed by atoms with Crippen molar-refractivity contribution in [2.75, 3.05) is 26.2 Å². The number of nitrogens with one attached hydrogen (secondary N) is 1. The molecule has 2 aliphatic rings. The lowest BCUT2D eigenvalue weighted by atomic mass is 10.1. The lowest BCUT2D eigenvalue weighted by molar-refractivity contribution is 0.0793. The van der Waals surface area contributed by atoms with Crippen molar-refractivity contribution >= 4 is 23.1 Å². The van der Waals surface area contributed by atoms with E-state index in [1.54, 1.807) is 18.7 Å². The van der Waals surface area contributed by atoms with Crippen molar-refractivity contribution in [3.63, 3.8) is 0 Å². The van der Waals surface area contributed by atoms with Gasteiger partial charge in [-0.15, -0.1) is 0 Å². The lowest BCUT2D eigenvalue weighted by Crippen LogP contribution is -2.32. The zero-order valence-electron chi connectivity index (χ0n) is 17.9. The minimum atomic E-state index is -0.503. The summed E-state index contributed by atoms with van der Waals surface area (Å²) in [7, 11) is 0. The quantitative estimate of drug-likeness (QED) is 0.622. The minimum absolute atomic E-state index is 0.0690. The van der Waals surface area contributed by atoms with E-state index in [0.717, 1.165) is 0 Å². The van der Waals surface area contributed by atoms with Gasteiger partial charge in [-0.05, 0) is 32.4 Å². The van der Waals surface area contributed by atoms with Gasteiger partial charge in [0, 0.05) is 29.9 Å². The number of aliphatic hydroxyl groups is 1. The van der Waals surface area contributed by atoms with Gasteiger partial charge in [0.1, 0.15) is 18.2 Å². The van der Waals surface area contributed by atoms with E-state index in [2.05, 4.69) is 15.3 Å². The highest BCUT2D eigenvalue weighted by atomic mass is 35.5. The van der Waals surface area contributed by atoms with Gasteiger partial charge in [-0.3, -0.25) is 4.79 Å². The van der Waals surface area contributed by atoms with E-state index in [0.29, 0.717) is 46.5 Å². The van der Waals surface area contributed by atoms with E-state index in [-0.39, 0.29) is 43.0 Å². The standard InChI is InChI=1S/C22H25ClFN5O3/c1-11-20(23)12(2)28-21(27-11)17-8-29(9-18(17)25)22(31)16-4-3-13(24)5-19(16)32-10-14-6-15(30)7-26-14/h3-5,14-15,26,30H,6-10,25H2,1-2H3/t14-,15+/m1/s1. The van der Waals surface area contributed by atoms with Crippen molar-refractivity contribution in [2.45, 2.75) is 32.4 Å². The van der Waals surface area contributed by atoms with Crippen molar-refractivity contribution in [3.8, 4) is 5.75 Å². The molecule has 1 amide bonds.